The van der Waals surface area contributed by atoms with Crippen molar-refractivity contribution in [1.29, 1.82) is 0 Å². The summed E-state index contributed by atoms with van der Waals surface area (Å²) in [5.41, 5.74) is -2.54. The molecular weight excluding hydrogens is 261 g/mol. The topological polar surface area (TPSA) is 46.0 Å². The van der Waals surface area contributed by atoms with Gasteiger partial charge in [-0.15, -0.1) is 0 Å². The summed E-state index contributed by atoms with van der Waals surface area (Å²) >= 11 is 0. The SMILES string of the molecule is [C-]#[N+]c1ccc(NC(=O)C2(C)CO2)cc1C(F)(F)F. The number of epoxide rings is 1. The van der Waals surface area contributed by atoms with Gasteiger partial charge in [0, 0.05) is 5.69 Å². The van der Waals surface area contributed by atoms with Crippen molar-refractivity contribution < 1.29 is 22.7 Å². The summed E-state index contributed by atoms with van der Waals surface area (Å²) in [7, 11) is 0. The van der Waals surface area contributed by atoms with E-state index in [1.807, 2.05) is 0 Å². The maximum absolute atomic E-state index is 12.7. The third-order valence-electron chi connectivity index (χ3n) is 2.74. The third-order valence-corrected chi connectivity index (χ3v) is 2.74. The Bertz CT molecular complexity index is 571. The lowest BCUT2D eigenvalue weighted by molar-refractivity contribution is -0.136. The number of carbonyl (C=O) groups is 1. The molecule has 1 unspecified atom stereocenters. The number of nitrogens with one attached hydrogen (secondary N) is 1. The monoisotopic (exact) mass is 270 g/mol. The van der Waals surface area contributed by atoms with Gasteiger partial charge in [-0.1, -0.05) is 6.07 Å². The van der Waals surface area contributed by atoms with Gasteiger partial charge in [0.05, 0.1) is 18.7 Å². The van der Waals surface area contributed by atoms with Gasteiger partial charge in [0.1, 0.15) is 0 Å². The molecule has 2 rings (SSSR count). The van der Waals surface area contributed by atoms with Crippen LogP contribution in [-0.4, -0.2) is 18.1 Å². The van der Waals surface area contributed by atoms with E-state index in [1.165, 1.54) is 6.07 Å². The van der Waals surface area contributed by atoms with E-state index in [-0.39, 0.29) is 12.3 Å². The van der Waals surface area contributed by atoms with Crippen LogP contribution < -0.4 is 5.32 Å². The fraction of sp³-hybridized carbons (Fsp3) is 0.333. The first-order valence-electron chi connectivity index (χ1n) is 5.30. The van der Waals surface area contributed by atoms with E-state index in [4.69, 9.17) is 11.3 Å². The fourth-order valence-electron chi connectivity index (χ4n) is 1.44. The Morgan fingerprint density at radius 2 is 2.16 bits per heavy atom. The maximum Gasteiger partial charge on any atom is 0.407 e. The first-order valence-corrected chi connectivity index (χ1v) is 5.30. The van der Waals surface area contributed by atoms with Crippen LogP contribution in [0.1, 0.15) is 12.5 Å². The van der Waals surface area contributed by atoms with Crippen molar-refractivity contribution in [2.75, 3.05) is 11.9 Å². The molecular formula is C12H9F3N2O2. The van der Waals surface area contributed by atoms with Crippen molar-refractivity contribution in [1.82, 2.24) is 0 Å². The average Bonchev–Trinajstić information content (AvgIpc) is 3.07. The molecule has 1 heterocycles. The van der Waals surface area contributed by atoms with E-state index in [1.54, 1.807) is 6.92 Å². The molecule has 1 atom stereocenters. The second-order valence-electron chi connectivity index (χ2n) is 4.32. The quantitative estimate of drug-likeness (QED) is 0.663. The zero-order chi connectivity index (χ0) is 14.3. The van der Waals surface area contributed by atoms with Gasteiger partial charge in [-0.05, 0) is 19.1 Å². The second-order valence-corrected chi connectivity index (χ2v) is 4.32. The number of amides is 1. The van der Waals surface area contributed by atoms with E-state index in [0.717, 1.165) is 12.1 Å². The normalized spacial score (nSPS) is 21.6. The number of nitrogens with zero attached hydrogens (tertiary/aromatic N) is 1. The van der Waals surface area contributed by atoms with Crippen molar-refractivity contribution in [2.24, 2.45) is 0 Å². The van der Waals surface area contributed by atoms with E-state index < -0.39 is 28.9 Å². The molecule has 0 saturated carbocycles. The van der Waals surface area contributed by atoms with E-state index >= 15 is 0 Å². The minimum atomic E-state index is -4.64. The van der Waals surface area contributed by atoms with Crippen LogP contribution in [-0.2, 0) is 15.7 Å². The number of benzene rings is 1. The highest BCUT2D eigenvalue weighted by atomic mass is 19.4. The molecule has 1 aliphatic rings. The standard InChI is InChI=1S/C12H9F3N2O2/c1-11(6-19-11)10(18)17-7-3-4-9(16-2)8(5-7)12(13,14)15/h3-5H,6H2,1H3,(H,17,18). The largest absolute Gasteiger partial charge is 0.407 e. The van der Waals surface area contributed by atoms with Crippen LogP contribution in [0.4, 0.5) is 24.5 Å². The molecule has 1 amide bonds. The lowest BCUT2D eigenvalue weighted by Gasteiger charge is -2.12. The smallest absolute Gasteiger partial charge is 0.359 e. The van der Waals surface area contributed by atoms with Crippen molar-refractivity contribution >= 4 is 17.3 Å². The summed E-state index contributed by atoms with van der Waals surface area (Å²) < 4.78 is 43.0. The first-order chi connectivity index (χ1) is 8.76. The Hall–Kier alpha value is -2.07. The molecule has 1 fully saturated rings. The molecule has 100 valence electrons. The van der Waals surface area contributed by atoms with Crippen molar-refractivity contribution in [3.05, 3.63) is 35.2 Å². The van der Waals surface area contributed by atoms with Gasteiger partial charge >= 0.3 is 6.18 Å². The number of alkyl halides is 3. The second kappa shape index (κ2) is 4.24. The molecule has 0 aliphatic carbocycles. The van der Waals surface area contributed by atoms with Gasteiger partial charge < -0.3 is 10.1 Å². The molecule has 1 N–H and O–H groups in total. The molecule has 7 heteroatoms. The van der Waals surface area contributed by atoms with Crippen LogP contribution in [0, 0.1) is 6.57 Å². The molecule has 1 aliphatic heterocycles. The highest BCUT2D eigenvalue weighted by Gasteiger charge is 2.47. The van der Waals surface area contributed by atoms with Crippen LogP contribution >= 0.6 is 0 Å². The summed E-state index contributed by atoms with van der Waals surface area (Å²) in [6.45, 7) is 8.49. The Labute approximate surface area is 107 Å². The molecule has 1 aromatic rings. The van der Waals surface area contributed by atoms with Gasteiger partial charge in [-0.3, -0.25) is 4.79 Å². The molecule has 4 nitrogen and oxygen atoms in total. The number of halogens is 3. The van der Waals surface area contributed by atoms with Gasteiger partial charge in [0.25, 0.3) is 5.91 Å². The summed E-state index contributed by atoms with van der Waals surface area (Å²) in [5.74, 6) is -0.504. The van der Waals surface area contributed by atoms with Gasteiger partial charge in [-0.2, -0.15) is 13.2 Å². The minimum Gasteiger partial charge on any atom is -0.359 e. The van der Waals surface area contributed by atoms with E-state index in [2.05, 4.69) is 10.2 Å². The first kappa shape index (κ1) is 13.4. The Morgan fingerprint density at radius 1 is 1.53 bits per heavy atom. The van der Waals surface area contributed by atoms with Gasteiger partial charge in [-0.25, -0.2) is 4.85 Å². The number of ether oxygens (including phenoxy) is 1. The van der Waals surface area contributed by atoms with Crippen LogP contribution in [0.15, 0.2) is 18.2 Å². The Balaban J connectivity index is 2.29. The van der Waals surface area contributed by atoms with Crippen LogP contribution in [0.3, 0.4) is 0 Å². The molecule has 0 aromatic heterocycles. The maximum atomic E-state index is 12.7. The summed E-state index contributed by atoms with van der Waals surface area (Å²) in [6.07, 6.45) is -4.64. The van der Waals surface area contributed by atoms with Gasteiger partial charge in [0.2, 0.25) is 0 Å². The van der Waals surface area contributed by atoms with E-state index in [0.29, 0.717) is 0 Å². The zero-order valence-electron chi connectivity index (χ0n) is 9.84. The Kier molecular flexibility index (Phi) is 2.98. The molecule has 0 spiro atoms. The predicted molar refractivity (Wildman–Crippen MR) is 60.7 cm³/mol. The number of rotatable bonds is 2. The lowest BCUT2D eigenvalue weighted by atomic mass is 10.1. The summed E-state index contributed by atoms with van der Waals surface area (Å²) in [6, 6.07) is 3.03. The lowest BCUT2D eigenvalue weighted by Crippen LogP contribution is -2.28. The van der Waals surface area contributed by atoms with Crippen LogP contribution in [0.25, 0.3) is 4.85 Å². The number of hydrogen-bond donors (Lipinski definition) is 1. The molecule has 1 aromatic carbocycles. The van der Waals surface area contributed by atoms with Crippen LogP contribution in [0.5, 0.6) is 0 Å². The number of hydrogen-bond acceptors (Lipinski definition) is 2. The number of carbonyl (C=O) groups excluding carboxylic acids is 1. The fourth-order valence-corrected chi connectivity index (χ4v) is 1.44. The van der Waals surface area contributed by atoms with Crippen molar-refractivity contribution in [3.8, 4) is 0 Å². The average molecular weight is 270 g/mol. The van der Waals surface area contributed by atoms with Gasteiger partial charge in [0.15, 0.2) is 11.3 Å². The minimum absolute atomic E-state index is 0.0125. The highest BCUT2D eigenvalue weighted by molar-refractivity contribution is 5.99. The van der Waals surface area contributed by atoms with Crippen molar-refractivity contribution in [2.45, 2.75) is 18.7 Å². The summed E-state index contributed by atoms with van der Waals surface area (Å²) in [4.78, 5) is 14.4. The van der Waals surface area contributed by atoms with Crippen molar-refractivity contribution in [3.63, 3.8) is 0 Å². The Morgan fingerprint density at radius 3 is 2.63 bits per heavy atom. The molecule has 19 heavy (non-hydrogen) atoms. The summed E-state index contributed by atoms with van der Waals surface area (Å²) in [5, 5.41) is 2.34. The zero-order valence-corrected chi connectivity index (χ0v) is 9.84. The van der Waals surface area contributed by atoms with E-state index in [9.17, 15) is 18.0 Å². The molecule has 0 bridgehead atoms. The highest BCUT2D eigenvalue weighted by Crippen LogP contribution is 2.38. The molecule has 1 saturated heterocycles. The predicted octanol–water partition coefficient (Wildman–Crippen LogP) is 2.98. The third kappa shape index (κ3) is 2.69. The number of anilines is 1. The van der Waals surface area contributed by atoms with Crippen LogP contribution in [0.2, 0.25) is 0 Å². The molecule has 0 radical (unpaired) electrons.